The standard InChI is InChI=1S/C19H24N6O5/c1-3-12-14-18(24-16(20)23-14)19(28,29)13(8-25(18)17(21)22-12)30-15(27)11-6-4-10(5-7-11)9(2)26/h4-7,12-14,28-29H,3,8H2,1-2H3,(H5,20,21,22,23,24)/p+1/t12-,13-,14-,18-/m0/s1. The number of hydrogen-bond acceptors (Lipinski definition) is 10. The van der Waals surface area contributed by atoms with E-state index in [1.165, 1.54) is 35.8 Å². The number of aliphatic imine (C=N–C) groups is 1. The molecule has 4 atom stereocenters. The summed E-state index contributed by atoms with van der Waals surface area (Å²) in [5.74, 6) is -3.20. The lowest BCUT2D eigenvalue weighted by Crippen LogP contribution is -2.78. The highest BCUT2D eigenvalue weighted by molar-refractivity contribution is 5.96. The number of esters is 1. The minimum atomic E-state index is -2.54. The SMILES string of the molecule is CC[C@@H]1NC(N)=[N+]2C[C@H](OC(=O)c3ccc(C(C)=O)cc3)C(O)(O)[C@@]23NC(N)=N[C@@H]13. The van der Waals surface area contributed by atoms with Gasteiger partial charge in [0.1, 0.15) is 18.6 Å². The number of nitrogens with zero attached hydrogens (tertiary/aromatic N) is 2. The van der Waals surface area contributed by atoms with Crippen molar-refractivity contribution in [2.24, 2.45) is 16.5 Å². The van der Waals surface area contributed by atoms with E-state index >= 15 is 0 Å². The molecule has 11 heteroatoms. The van der Waals surface area contributed by atoms with Crippen molar-refractivity contribution in [1.29, 1.82) is 0 Å². The van der Waals surface area contributed by atoms with E-state index in [-0.39, 0.29) is 35.9 Å². The fourth-order valence-electron chi connectivity index (χ4n) is 4.46. The number of aliphatic hydroxyl groups is 2. The van der Waals surface area contributed by atoms with E-state index in [2.05, 4.69) is 15.6 Å². The summed E-state index contributed by atoms with van der Waals surface area (Å²) in [5.41, 5.74) is 11.1. The second-order valence-electron chi connectivity index (χ2n) is 7.76. The van der Waals surface area contributed by atoms with Gasteiger partial charge in [-0.05, 0) is 25.5 Å². The molecule has 1 fully saturated rings. The molecule has 4 rings (SSSR count). The van der Waals surface area contributed by atoms with Crippen LogP contribution in [-0.2, 0) is 4.74 Å². The van der Waals surface area contributed by atoms with Gasteiger partial charge in [0.2, 0.25) is 5.66 Å². The summed E-state index contributed by atoms with van der Waals surface area (Å²) in [6, 6.07) is 4.92. The Morgan fingerprint density at radius 2 is 1.90 bits per heavy atom. The molecule has 30 heavy (non-hydrogen) atoms. The highest BCUT2D eigenvalue weighted by atomic mass is 16.6. The third kappa shape index (κ3) is 2.66. The average molecular weight is 417 g/mol. The van der Waals surface area contributed by atoms with Crippen LogP contribution in [0.2, 0.25) is 0 Å². The monoisotopic (exact) mass is 417 g/mol. The van der Waals surface area contributed by atoms with Crippen LogP contribution in [0.4, 0.5) is 0 Å². The lowest BCUT2D eigenvalue weighted by molar-refractivity contribution is -0.623. The molecule has 0 aliphatic carbocycles. The van der Waals surface area contributed by atoms with Crippen molar-refractivity contribution in [3.05, 3.63) is 35.4 Å². The molecule has 3 aliphatic heterocycles. The summed E-state index contributed by atoms with van der Waals surface area (Å²) in [6.07, 6.45) is -0.743. The first-order chi connectivity index (χ1) is 14.1. The van der Waals surface area contributed by atoms with Crippen molar-refractivity contribution in [3.8, 4) is 0 Å². The van der Waals surface area contributed by atoms with Gasteiger partial charge in [-0.2, -0.15) is 0 Å². The van der Waals surface area contributed by atoms with Crippen LogP contribution in [0.15, 0.2) is 29.3 Å². The lowest BCUT2D eigenvalue weighted by Gasteiger charge is -2.43. The molecule has 3 aliphatic rings. The maximum absolute atomic E-state index is 12.7. The Kier molecular flexibility index (Phi) is 4.47. The lowest BCUT2D eigenvalue weighted by atomic mass is 9.85. The van der Waals surface area contributed by atoms with E-state index in [1.54, 1.807) is 0 Å². The van der Waals surface area contributed by atoms with E-state index in [9.17, 15) is 19.8 Å². The number of nitrogens with one attached hydrogen (secondary N) is 2. The third-order valence-corrected chi connectivity index (χ3v) is 6.03. The van der Waals surface area contributed by atoms with Crippen molar-refractivity contribution in [2.75, 3.05) is 6.54 Å². The first-order valence-electron chi connectivity index (χ1n) is 9.66. The molecule has 160 valence electrons. The van der Waals surface area contributed by atoms with E-state index in [0.29, 0.717) is 12.0 Å². The Morgan fingerprint density at radius 3 is 2.50 bits per heavy atom. The quantitative estimate of drug-likeness (QED) is 0.137. The van der Waals surface area contributed by atoms with Gasteiger partial charge in [-0.25, -0.2) is 14.4 Å². The number of ether oxygens (including phenoxy) is 1. The largest absolute Gasteiger partial charge is 0.449 e. The molecule has 1 aromatic carbocycles. The fraction of sp³-hybridized carbons (Fsp3) is 0.474. The van der Waals surface area contributed by atoms with Gasteiger partial charge in [0, 0.05) is 5.56 Å². The van der Waals surface area contributed by atoms with Crippen LogP contribution in [0.3, 0.4) is 0 Å². The number of hydrogen-bond donors (Lipinski definition) is 6. The van der Waals surface area contributed by atoms with Crippen molar-refractivity contribution in [3.63, 3.8) is 0 Å². The van der Waals surface area contributed by atoms with Gasteiger partial charge >= 0.3 is 11.9 Å². The highest BCUT2D eigenvalue weighted by Gasteiger charge is 2.75. The van der Waals surface area contributed by atoms with E-state index < -0.39 is 29.6 Å². The van der Waals surface area contributed by atoms with Crippen LogP contribution in [0.25, 0.3) is 0 Å². The molecule has 0 saturated carbocycles. The molecule has 1 spiro atoms. The van der Waals surface area contributed by atoms with Crippen LogP contribution in [0, 0.1) is 0 Å². The Bertz CT molecular complexity index is 972. The fourth-order valence-corrected chi connectivity index (χ4v) is 4.46. The number of nitrogens with two attached hydrogens (primary N) is 2. The summed E-state index contributed by atoms with van der Waals surface area (Å²) in [7, 11) is 0. The van der Waals surface area contributed by atoms with E-state index in [1.807, 2.05) is 6.92 Å². The zero-order valence-electron chi connectivity index (χ0n) is 16.6. The zero-order valence-corrected chi connectivity index (χ0v) is 16.6. The Morgan fingerprint density at radius 1 is 1.27 bits per heavy atom. The maximum atomic E-state index is 12.7. The molecular formula is C19H25N6O5+. The Labute approximate surface area is 172 Å². The zero-order chi connectivity index (χ0) is 21.8. The molecule has 0 aromatic heterocycles. The van der Waals surface area contributed by atoms with Crippen molar-refractivity contribution >= 4 is 23.7 Å². The number of carbonyl (C=O) groups is 2. The number of carbonyl (C=O) groups excluding carboxylic acids is 2. The number of benzene rings is 1. The van der Waals surface area contributed by atoms with Crippen LogP contribution in [0.1, 0.15) is 41.0 Å². The second-order valence-corrected chi connectivity index (χ2v) is 7.76. The molecular weight excluding hydrogens is 392 g/mol. The van der Waals surface area contributed by atoms with Crippen LogP contribution in [0.5, 0.6) is 0 Å². The molecule has 1 saturated heterocycles. The normalized spacial score (nSPS) is 31.2. The average Bonchev–Trinajstić information content (AvgIpc) is 3.16. The summed E-state index contributed by atoms with van der Waals surface area (Å²) < 4.78 is 6.96. The van der Waals surface area contributed by atoms with Crippen LogP contribution in [-0.4, -0.2) is 74.6 Å². The van der Waals surface area contributed by atoms with Gasteiger partial charge < -0.3 is 26.0 Å². The molecule has 11 nitrogen and oxygen atoms in total. The van der Waals surface area contributed by atoms with E-state index in [4.69, 9.17) is 16.2 Å². The molecule has 8 N–H and O–H groups in total. The van der Waals surface area contributed by atoms with Gasteiger partial charge in [-0.15, -0.1) is 0 Å². The topological polar surface area (TPSA) is 175 Å². The number of rotatable bonds is 4. The first-order valence-corrected chi connectivity index (χ1v) is 9.66. The van der Waals surface area contributed by atoms with E-state index in [0.717, 1.165) is 0 Å². The Hall–Kier alpha value is -3.18. The summed E-state index contributed by atoms with van der Waals surface area (Å²) >= 11 is 0. The number of Topliss-reactive ketones (excluding diaryl/α,β-unsaturated/α-hetero) is 1. The minimum Gasteiger partial charge on any atom is -0.449 e. The van der Waals surface area contributed by atoms with Crippen LogP contribution < -0.4 is 22.1 Å². The molecule has 0 unspecified atom stereocenters. The predicted octanol–water partition coefficient (Wildman–Crippen LogP) is -2.20. The molecule has 0 radical (unpaired) electrons. The Balaban J connectivity index is 1.65. The summed E-state index contributed by atoms with van der Waals surface area (Å²) in [5, 5.41) is 28.3. The molecule has 1 aromatic rings. The molecule has 3 heterocycles. The van der Waals surface area contributed by atoms with Crippen molar-refractivity contribution < 1.29 is 29.1 Å². The van der Waals surface area contributed by atoms with Gasteiger partial charge in [0.15, 0.2) is 17.8 Å². The summed E-state index contributed by atoms with van der Waals surface area (Å²) in [4.78, 5) is 28.4. The molecule has 0 amide bonds. The number of ketones is 1. The molecule has 0 bridgehead atoms. The predicted molar refractivity (Wildman–Crippen MR) is 106 cm³/mol. The van der Waals surface area contributed by atoms with Crippen molar-refractivity contribution in [2.45, 2.75) is 49.9 Å². The van der Waals surface area contributed by atoms with Gasteiger partial charge in [0.05, 0.1) is 5.56 Å². The van der Waals surface area contributed by atoms with Crippen molar-refractivity contribution in [1.82, 2.24) is 10.6 Å². The highest BCUT2D eigenvalue weighted by Crippen LogP contribution is 2.43. The second kappa shape index (κ2) is 6.67. The maximum Gasteiger partial charge on any atom is 0.346 e. The van der Waals surface area contributed by atoms with Crippen LogP contribution >= 0.6 is 0 Å². The smallest absolute Gasteiger partial charge is 0.346 e. The number of guanidine groups is 2. The van der Waals surface area contributed by atoms with Gasteiger partial charge in [-0.3, -0.25) is 15.8 Å². The summed E-state index contributed by atoms with van der Waals surface area (Å²) in [6.45, 7) is 3.24. The minimum absolute atomic E-state index is 0.0409. The van der Waals surface area contributed by atoms with Gasteiger partial charge in [0.25, 0.3) is 5.79 Å². The third-order valence-electron chi connectivity index (χ3n) is 6.03. The first kappa shape index (κ1) is 20.1. The van der Waals surface area contributed by atoms with Gasteiger partial charge in [-0.1, -0.05) is 19.1 Å².